The lowest BCUT2D eigenvalue weighted by molar-refractivity contribution is 0.0687. The average molecular weight is 397 g/mol. The van der Waals surface area contributed by atoms with Crippen molar-refractivity contribution >= 4 is 28.2 Å². The summed E-state index contributed by atoms with van der Waals surface area (Å²) in [5, 5.41) is 3.12. The predicted molar refractivity (Wildman–Crippen MR) is 94.1 cm³/mol. The topological polar surface area (TPSA) is 66.5 Å². The van der Waals surface area contributed by atoms with Crippen LogP contribution in [0.25, 0.3) is 0 Å². The van der Waals surface area contributed by atoms with E-state index in [1.807, 2.05) is 7.05 Å². The van der Waals surface area contributed by atoms with Gasteiger partial charge >= 0.3 is 5.76 Å². The van der Waals surface area contributed by atoms with Crippen molar-refractivity contribution in [2.24, 2.45) is 5.92 Å². The fourth-order valence-electron chi connectivity index (χ4n) is 2.85. The number of benzene rings is 1. The lowest BCUT2D eigenvalue weighted by atomic mass is 9.93. The van der Waals surface area contributed by atoms with Gasteiger partial charge in [-0.15, -0.1) is 12.4 Å². The van der Waals surface area contributed by atoms with Crippen molar-refractivity contribution in [3.05, 3.63) is 29.8 Å². The summed E-state index contributed by atoms with van der Waals surface area (Å²) in [5.74, 6) is -3.06. The van der Waals surface area contributed by atoms with Gasteiger partial charge in [0.2, 0.25) is 9.84 Å². The van der Waals surface area contributed by atoms with Crippen molar-refractivity contribution in [2.75, 3.05) is 26.7 Å². The smallest absolute Gasteiger partial charge is 0.339 e. The number of piperidine rings is 1. The molecule has 25 heavy (non-hydrogen) atoms. The number of amides is 1. The van der Waals surface area contributed by atoms with Crippen molar-refractivity contribution in [1.82, 2.24) is 10.2 Å². The van der Waals surface area contributed by atoms with Gasteiger partial charge in [-0.05, 0) is 63.0 Å². The van der Waals surface area contributed by atoms with Gasteiger partial charge in [-0.25, -0.2) is 8.42 Å². The maximum Gasteiger partial charge on any atom is 0.341 e. The predicted octanol–water partition coefficient (Wildman–Crippen LogP) is 2.57. The number of halogens is 3. The number of hydrogen-bond acceptors (Lipinski definition) is 4. The molecule has 2 rings (SSSR count). The molecule has 1 aliphatic heterocycles. The van der Waals surface area contributed by atoms with Crippen LogP contribution in [0.1, 0.15) is 29.6 Å². The average Bonchev–Trinajstić information content (AvgIpc) is 2.59. The Kier molecular flexibility index (Phi) is 8.24. The number of rotatable bonds is 6. The standard InChI is InChI=1S/C16H22F2N2O3S.ClH/c1-19-9-6-12-7-10-20(11-8-12)15(21)13-2-4-14(5-3-13)24(22,23)16(17)18;/h2-5,12,16,19H,6-11H2,1H3;1H. The Morgan fingerprint density at radius 3 is 2.28 bits per heavy atom. The van der Waals surface area contributed by atoms with Crippen molar-refractivity contribution < 1.29 is 22.0 Å². The fraction of sp³-hybridized carbons (Fsp3) is 0.562. The summed E-state index contributed by atoms with van der Waals surface area (Å²) < 4.78 is 47.8. The third-order valence-electron chi connectivity index (χ3n) is 4.37. The highest BCUT2D eigenvalue weighted by Gasteiger charge is 2.27. The lowest BCUT2D eigenvalue weighted by Gasteiger charge is -2.32. The second-order valence-corrected chi connectivity index (χ2v) is 7.88. The Balaban J connectivity index is 0.00000312. The van der Waals surface area contributed by atoms with Crippen LogP contribution in [-0.2, 0) is 9.84 Å². The van der Waals surface area contributed by atoms with E-state index in [1.54, 1.807) is 4.90 Å². The van der Waals surface area contributed by atoms with Crippen LogP contribution in [0.4, 0.5) is 8.78 Å². The summed E-state index contributed by atoms with van der Waals surface area (Å²) >= 11 is 0. The van der Waals surface area contributed by atoms with E-state index in [0.717, 1.165) is 37.9 Å². The molecule has 1 N–H and O–H groups in total. The van der Waals surface area contributed by atoms with Gasteiger partial charge in [-0.2, -0.15) is 8.78 Å². The highest BCUT2D eigenvalue weighted by Crippen LogP contribution is 2.23. The first-order valence-corrected chi connectivity index (χ1v) is 9.47. The van der Waals surface area contributed by atoms with Gasteiger partial charge < -0.3 is 10.2 Å². The molecule has 9 heteroatoms. The summed E-state index contributed by atoms with van der Waals surface area (Å²) in [6, 6.07) is 4.72. The number of alkyl halides is 2. The van der Waals surface area contributed by atoms with E-state index in [0.29, 0.717) is 24.6 Å². The zero-order valence-electron chi connectivity index (χ0n) is 14.0. The van der Waals surface area contributed by atoms with Crippen LogP contribution in [-0.4, -0.2) is 51.7 Å². The summed E-state index contributed by atoms with van der Waals surface area (Å²) in [7, 11) is -2.71. The Hall–Kier alpha value is -1.25. The Morgan fingerprint density at radius 1 is 1.24 bits per heavy atom. The Bertz CT molecular complexity index is 660. The quantitative estimate of drug-likeness (QED) is 0.802. The molecule has 1 aliphatic rings. The molecule has 1 amide bonds. The van der Waals surface area contributed by atoms with E-state index < -0.39 is 20.5 Å². The van der Waals surface area contributed by atoms with Crippen LogP contribution >= 0.6 is 12.4 Å². The summed E-state index contributed by atoms with van der Waals surface area (Å²) in [4.78, 5) is 13.7. The van der Waals surface area contributed by atoms with Gasteiger partial charge in [-0.1, -0.05) is 0 Å². The maximum atomic E-state index is 12.5. The van der Waals surface area contributed by atoms with Crippen LogP contribution in [0.5, 0.6) is 0 Å². The monoisotopic (exact) mass is 396 g/mol. The third-order valence-corrected chi connectivity index (χ3v) is 5.77. The fourth-order valence-corrected chi connectivity index (χ4v) is 3.57. The lowest BCUT2D eigenvalue weighted by Crippen LogP contribution is -2.39. The number of likely N-dealkylation sites (tertiary alicyclic amines) is 1. The number of nitrogens with zero attached hydrogens (tertiary/aromatic N) is 1. The van der Waals surface area contributed by atoms with Crippen LogP contribution in [0.3, 0.4) is 0 Å². The molecular formula is C16H23ClF2N2O3S. The molecule has 0 spiro atoms. The molecule has 0 unspecified atom stereocenters. The Morgan fingerprint density at radius 2 is 1.80 bits per heavy atom. The van der Waals surface area contributed by atoms with Gasteiger partial charge in [0.15, 0.2) is 0 Å². The molecule has 0 aromatic heterocycles. The second-order valence-electron chi connectivity index (χ2n) is 5.96. The number of nitrogens with one attached hydrogen (secondary N) is 1. The van der Waals surface area contributed by atoms with Crippen molar-refractivity contribution in [3.8, 4) is 0 Å². The number of hydrogen-bond donors (Lipinski definition) is 1. The molecule has 0 aliphatic carbocycles. The molecule has 1 heterocycles. The van der Waals surface area contributed by atoms with E-state index in [9.17, 15) is 22.0 Å². The summed E-state index contributed by atoms with van der Waals surface area (Å²) in [6.45, 7) is 2.27. The van der Waals surface area contributed by atoms with Crippen LogP contribution in [0.15, 0.2) is 29.2 Å². The molecule has 0 atom stereocenters. The van der Waals surface area contributed by atoms with E-state index in [2.05, 4.69) is 5.32 Å². The van der Waals surface area contributed by atoms with Crippen LogP contribution < -0.4 is 5.32 Å². The number of carbonyl (C=O) groups is 1. The largest absolute Gasteiger partial charge is 0.341 e. The molecule has 142 valence electrons. The van der Waals surface area contributed by atoms with E-state index >= 15 is 0 Å². The molecular weight excluding hydrogens is 374 g/mol. The molecule has 1 saturated heterocycles. The van der Waals surface area contributed by atoms with Crippen molar-refractivity contribution in [2.45, 2.75) is 29.9 Å². The summed E-state index contributed by atoms with van der Waals surface area (Å²) in [5.41, 5.74) is 0.317. The molecule has 5 nitrogen and oxygen atoms in total. The van der Waals surface area contributed by atoms with Gasteiger partial charge in [0.25, 0.3) is 5.91 Å². The van der Waals surface area contributed by atoms with E-state index in [4.69, 9.17) is 0 Å². The van der Waals surface area contributed by atoms with Crippen LogP contribution in [0, 0.1) is 5.92 Å². The Labute approximate surface area is 153 Å². The number of sulfone groups is 1. The molecule has 0 bridgehead atoms. The molecule has 1 aromatic rings. The second kappa shape index (κ2) is 9.45. The normalized spacial score (nSPS) is 15.9. The maximum absolute atomic E-state index is 12.5. The molecule has 0 radical (unpaired) electrons. The first kappa shape index (κ1) is 21.8. The van der Waals surface area contributed by atoms with E-state index in [1.165, 1.54) is 12.1 Å². The molecule has 1 aromatic carbocycles. The van der Waals surface area contributed by atoms with Gasteiger partial charge in [-0.3, -0.25) is 4.79 Å². The number of carbonyl (C=O) groups excluding carboxylic acids is 1. The van der Waals surface area contributed by atoms with E-state index in [-0.39, 0.29) is 18.3 Å². The third kappa shape index (κ3) is 5.36. The minimum atomic E-state index is -4.62. The minimum absolute atomic E-state index is 0. The first-order chi connectivity index (χ1) is 11.4. The zero-order valence-corrected chi connectivity index (χ0v) is 15.6. The van der Waals surface area contributed by atoms with Crippen molar-refractivity contribution in [1.29, 1.82) is 0 Å². The van der Waals surface area contributed by atoms with Gasteiger partial charge in [0.1, 0.15) is 0 Å². The molecule has 0 saturated carbocycles. The first-order valence-electron chi connectivity index (χ1n) is 7.92. The summed E-state index contributed by atoms with van der Waals surface area (Å²) in [6.07, 6.45) is 2.95. The highest BCUT2D eigenvalue weighted by molar-refractivity contribution is 7.91. The van der Waals surface area contributed by atoms with Gasteiger partial charge in [0, 0.05) is 18.7 Å². The SMILES string of the molecule is CNCCC1CCN(C(=O)c2ccc(S(=O)(=O)C(F)F)cc2)CC1.Cl. The van der Waals surface area contributed by atoms with Crippen LogP contribution in [0.2, 0.25) is 0 Å². The highest BCUT2D eigenvalue weighted by atomic mass is 35.5. The van der Waals surface area contributed by atoms with Crippen molar-refractivity contribution in [3.63, 3.8) is 0 Å². The zero-order chi connectivity index (χ0) is 17.7. The minimum Gasteiger partial charge on any atom is -0.339 e. The van der Waals surface area contributed by atoms with Gasteiger partial charge in [0.05, 0.1) is 4.90 Å². The molecule has 1 fully saturated rings.